The Kier molecular flexibility index (Phi) is 6.37. The average molecular weight is 254 g/mol. The van der Waals surface area contributed by atoms with E-state index in [1.54, 1.807) is 0 Å². The summed E-state index contributed by atoms with van der Waals surface area (Å²) in [6.07, 6.45) is 3.71. The zero-order valence-electron chi connectivity index (χ0n) is 9.73. The highest BCUT2D eigenvalue weighted by Gasteiger charge is 2.19. The number of allylic oxidation sites excluding steroid dienone is 1. The first-order valence-corrected chi connectivity index (χ1v) is 5.90. The van der Waals surface area contributed by atoms with Crippen molar-refractivity contribution in [3.05, 3.63) is 48.0 Å². The fourth-order valence-electron chi connectivity index (χ4n) is 1.43. The van der Waals surface area contributed by atoms with E-state index >= 15 is 0 Å². The van der Waals surface area contributed by atoms with Crippen LogP contribution in [0.2, 0.25) is 0 Å². The molecule has 1 rings (SSSR count). The van der Waals surface area contributed by atoms with Crippen LogP contribution in [-0.4, -0.2) is 25.5 Å². The lowest BCUT2D eigenvalue weighted by Gasteiger charge is -2.15. The zero-order valence-corrected chi connectivity index (χ0v) is 10.5. The Labute approximate surface area is 106 Å². The molecule has 0 aromatic heterocycles. The maximum absolute atomic E-state index is 11.6. The summed E-state index contributed by atoms with van der Waals surface area (Å²) in [6.45, 7) is 0.571. The van der Waals surface area contributed by atoms with Crippen molar-refractivity contribution in [1.82, 2.24) is 5.32 Å². The fraction of sp³-hybridized carbons (Fsp3) is 0.308. The van der Waals surface area contributed by atoms with Gasteiger partial charge < -0.3 is 4.74 Å². The molecular weight excluding hydrogens is 238 g/mol. The second-order valence-electron chi connectivity index (χ2n) is 3.40. The van der Waals surface area contributed by atoms with Gasteiger partial charge in [-0.05, 0) is 5.56 Å². The van der Waals surface area contributed by atoms with E-state index in [1.807, 2.05) is 42.5 Å². The minimum Gasteiger partial charge on any atom is -0.468 e. The standard InChI is InChI=1S/C13H16ClNO2/c1-17-13(16)12(15-10-6-5-9-14)11-7-3-2-4-8-11/h2-8,12,15H,9-10H2,1H3/b6-5+. The second kappa shape index (κ2) is 7.87. The van der Waals surface area contributed by atoms with Gasteiger partial charge in [0.05, 0.1) is 7.11 Å². The van der Waals surface area contributed by atoms with Crippen molar-refractivity contribution in [2.75, 3.05) is 19.5 Å². The smallest absolute Gasteiger partial charge is 0.327 e. The lowest BCUT2D eigenvalue weighted by atomic mass is 10.1. The Morgan fingerprint density at radius 2 is 2.12 bits per heavy atom. The quantitative estimate of drug-likeness (QED) is 0.480. The first-order valence-electron chi connectivity index (χ1n) is 5.36. The molecule has 0 saturated heterocycles. The third-order valence-corrected chi connectivity index (χ3v) is 2.44. The summed E-state index contributed by atoms with van der Waals surface area (Å²) < 4.78 is 4.77. The molecule has 0 saturated carbocycles. The van der Waals surface area contributed by atoms with Gasteiger partial charge in [-0.2, -0.15) is 0 Å². The van der Waals surface area contributed by atoms with E-state index in [1.165, 1.54) is 7.11 Å². The van der Waals surface area contributed by atoms with Gasteiger partial charge in [-0.3, -0.25) is 5.32 Å². The largest absolute Gasteiger partial charge is 0.468 e. The molecule has 1 aromatic carbocycles. The molecule has 1 aromatic rings. The fourth-order valence-corrected chi connectivity index (χ4v) is 1.56. The third kappa shape index (κ3) is 4.59. The number of methoxy groups -OCH3 is 1. The van der Waals surface area contributed by atoms with Crippen LogP contribution >= 0.6 is 11.6 Å². The van der Waals surface area contributed by atoms with Crippen molar-refractivity contribution in [2.45, 2.75) is 6.04 Å². The number of rotatable bonds is 6. The molecule has 0 aliphatic carbocycles. The maximum Gasteiger partial charge on any atom is 0.327 e. The molecule has 4 heteroatoms. The summed E-state index contributed by atoms with van der Waals surface area (Å²) in [5.74, 6) is 0.172. The molecule has 1 atom stereocenters. The molecular formula is C13H16ClNO2. The number of esters is 1. The number of benzene rings is 1. The highest BCUT2D eigenvalue weighted by atomic mass is 35.5. The minimum absolute atomic E-state index is 0.296. The minimum atomic E-state index is -0.443. The van der Waals surface area contributed by atoms with E-state index in [0.29, 0.717) is 12.4 Å². The van der Waals surface area contributed by atoms with Crippen LogP contribution in [-0.2, 0) is 9.53 Å². The number of hydrogen-bond donors (Lipinski definition) is 1. The van der Waals surface area contributed by atoms with Crippen LogP contribution in [0.5, 0.6) is 0 Å². The van der Waals surface area contributed by atoms with Crippen molar-refractivity contribution in [2.24, 2.45) is 0 Å². The maximum atomic E-state index is 11.6. The SMILES string of the molecule is COC(=O)C(NC/C=C/CCl)c1ccccc1. The van der Waals surface area contributed by atoms with Gasteiger partial charge in [-0.25, -0.2) is 4.79 Å². The summed E-state index contributed by atoms with van der Waals surface area (Å²) in [4.78, 5) is 11.6. The predicted octanol–water partition coefficient (Wildman–Crippen LogP) is 2.29. The molecule has 0 fully saturated rings. The first kappa shape index (κ1) is 13.7. The van der Waals surface area contributed by atoms with E-state index in [0.717, 1.165) is 5.56 Å². The molecule has 17 heavy (non-hydrogen) atoms. The first-order chi connectivity index (χ1) is 8.29. The summed E-state index contributed by atoms with van der Waals surface area (Å²) in [6, 6.07) is 9.02. The van der Waals surface area contributed by atoms with Crippen molar-refractivity contribution < 1.29 is 9.53 Å². The Bertz CT molecular complexity index is 365. The van der Waals surface area contributed by atoms with Crippen LogP contribution in [0, 0.1) is 0 Å². The van der Waals surface area contributed by atoms with Crippen LogP contribution < -0.4 is 5.32 Å². The second-order valence-corrected chi connectivity index (χ2v) is 3.71. The predicted molar refractivity (Wildman–Crippen MR) is 69.1 cm³/mol. The number of hydrogen-bond acceptors (Lipinski definition) is 3. The monoisotopic (exact) mass is 253 g/mol. The number of ether oxygens (including phenoxy) is 1. The van der Waals surface area contributed by atoms with Crippen LogP contribution in [0.3, 0.4) is 0 Å². The molecule has 0 spiro atoms. The molecule has 1 unspecified atom stereocenters. The van der Waals surface area contributed by atoms with Crippen molar-refractivity contribution >= 4 is 17.6 Å². The molecule has 0 heterocycles. The Hall–Kier alpha value is -1.32. The molecule has 0 amide bonds. The molecule has 3 nitrogen and oxygen atoms in total. The van der Waals surface area contributed by atoms with Gasteiger partial charge in [-0.15, -0.1) is 11.6 Å². The van der Waals surface area contributed by atoms with E-state index < -0.39 is 6.04 Å². The molecule has 0 aliphatic heterocycles. The molecule has 92 valence electrons. The van der Waals surface area contributed by atoms with E-state index in [2.05, 4.69) is 5.32 Å². The highest BCUT2D eigenvalue weighted by molar-refractivity contribution is 6.18. The van der Waals surface area contributed by atoms with Crippen LogP contribution in [0.1, 0.15) is 11.6 Å². The average Bonchev–Trinajstić information content (AvgIpc) is 2.39. The Morgan fingerprint density at radius 1 is 1.41 bits per heavy atom. The molecule has 0 aliphatic rings. The summed E-state index contributed by atoms with van der Waals surface area (Å²) in [5.41, 5.74) is 0.888. The van der Waals surface area contributed by atoms with Gasteiger partial charge in [0.2, 0.25) is 0 Å². The number of carbonyl (C=O) groups is 1. The van der Waals surface area contributed by atoms with Gasteiger partial charge >= 0.3 is 5.97 Å². The number of carbonyl (C=O) groups excluding carboxylic acids is 1. The van der Waals surface area contributed by atoms with Gasteiger partial charge in [0.15, 0.2) is 0 Å². The highest BCUT2D eigenvalue weighted by Crippen LogP contribution is 2.13. The lowest BCUT2D eigenvalue weighted by molar-refractivity contribution is -0.143. The van der Waals surface area contributed by atoms with Crippen molar-refractivity contribution in [3.63, 3.8) is 0 Å². The Balaban J connectivity index is 2.68. The number of halogens is 1. The number of alkyl halides is 1. The van der Waals surface area contributed by atoms with Crippen LogP contribution in [0.4, 0.5) is 0 Å². The van der Waals surface area contributed by atoms with Gasteiger partial charge in [-0.1, -0.05) is 42.5 Å². The molecule has 1 N–H and O–H groups in total. The molecule has 0 bridgehead atoms. The summed E-state index contributed by atoms with van der Waals surface area (Å²) >= 11 is 5.52. The van der Waals surface area contributed by atoms with Crippen LogP contribution in [0.15, 0.2) is 42.5 Å². The van der Waals surface area contributed by atoms with Gasteiger partial charge in [0, 0.05) is 12.4 Å². The van der Waals surface area contributed by atoms with Gasteiger partial charge in [0.25, 0.3) is 0 Å². The van der Waals surface area contributed by atoms with Crippen molar-refractivity contribution in [3.8, 4) is 0 Å². The van der Waals surface area contributed by atoms with E-state index in [4.69, 9.17) is 16.3 Å². The normalized spacial score (nSPS) is 12.6. The Morgan fingerprint density at radius 3 is 2.71 bits per heavy atom. The summed E-state index contributed by atoms with van der Waals surface area (Å²) in [7, 11) is 1.38. The van der Waals surface area contributed by atoms with Gasteiger partial charge in [0.1, 0.15) is 6.04 Å². The van der Waals surface area contributed by atoms with Crippen LogP contribution in [0.25, 0.3) is 0 Å². The van der Waals surface area contributed by atoms with Crippen molar-refractivity contribution in [1.29, 1.82) is 0 Å². The summed E-state index contributed by atoms with van der Waals surface area (Å²) in [5, 5.41) is 3.10. The zero-order chi connectivity index (χ0) is 12.5. The number of nitrogens with one attached hydrogen (secondary N) is 1. The third-order valence-electron chi connectivity index (χ3n) is 2.27. The lowest BCUT2D eigenvalue weighted by Crippen LogP contribution is -2.29. The van der Waals surface area contributed by atoms with E-state index in [9.17, 15) is 4.79 Å². The van der Waals surface area contributed by atoms with E-state index in [-0.39, 0.29) is 5.97 Å². The molecule has 0 radical (unpaired) electrons. The topological polar surface area (TPSA) is 38.3 Å².